The van der Waals surface area contributed by atoms with Crippen LogP contribution in [0.1, 0.15) is 33.6 Å². The van der Waals surface area contributed by atoms with Crippen LogP contribution in [-0.4, -0.2) is 29.9 Å². The van der Waals surface area contributed by atoms with Crippen LogP contribution in [0.15, 0.2) is 36.5 Å². The Labute approximate surface area is 152 Å². The molecule has 0 aliphatic heterocycles. The molecule has 1 aromatic heterocycles. The van der Waals surface area contributed by atoms with Crippen LogP contribution in [0.2, 0.25) is 5.02 Å². The topological polar surface area (TPSA) is 71.1 Å². The maximum absolute atomic E-state index is 11.9. The summed E-state index contributed by atoms with van der Waals surface area (Å²) >= 11 is 5.81. The van der Waals surface area contributed by atoms with Crippen LogP contribution in [0.3, 0.4) is 0 Å². The minimum absolute atomic E-state index is 0.0867. The lowest BCUT2D eigenvalue weighted by Gasteiger charge is -2.09. The van der Waals surface area contributed by atoms with Crippen molar-refractivity contribution in [2.24, 2.45) is 0 Å². The molecule has 0 bridgehead atoms. The Hall–Kier alpha value is -2.40. The summed E-state index contributed by atoms with van der Waals surface area (Å²) < 4.78 is 0. The van der Waals surface area contributed by atoms with Gasteiger partial charge in [-0.05, 0) is 49.9 Å². The summed E-state index contributed by atoms with van der Waals surface area (Å²) in [5, 5.41) is 5.76. The predicted octanol–water partition coefficient (Wildman–Crippen LogP) is 2.83. The number of pyridine rings is 1. The van der Waals surface area contributed by atoms with Gasteiger partial charge in [0.1, 0.15) is 5.69 Å². The molecule has 25 heavy (non-hydrogen) atoms. The summed E-state index contributed by atoms with van der Waals surface area (Å²) in [5.74, 6) is -0.649. The van der Waals surface area contributed by atoms with Gasteiger partial charge in [0, 0.05) is 17.8 Å². The third kappa shape index (κ3) is 6.19. The van der Waals surface area contributed by atoms with Gasteiger partial charge in [-0.15, -0.1) is 0 Å². The second-order valence-corrected chi connectivity index (χ2v) is 6.36. The van der Waals surface area contributed by atoms with Crippen LogP contribution >= 0.6 is 11.6 Å². The molecule has 1 aromatic carbocycles. The fraction of sp³-hybridized carbons (Fsp3) is 0.316. The Morgan fingerprint density at radius 2 is 1.92 bits per heavy atom. The lowest BCUT2D eigenvalue weighted by atomic mass is 10.0. The van der Waals surface area contributed by atoms with Crippen LogP contribution < -0.4 is 10.6 Å². The van der Waals surface area contributed by atoms with Crippen LogP contribution in [0.25, 0.3) is 0 Å². The summed E-state index contributed by atoms with van der Waals surface area (Å²) in [5.41, 5.74) is 4.00. The van der Waals surface area contributed by atoms with E-state index in [2.05, 4.69) is 47.7 Å². The Bertz CT molecular complexity index is 762. The van der Waals surface area contributed by atoms with Crippen LogP contribution in [0.5, 0.6) is 0 Å². The maximum Gasteiger partial charge on any atom is 0.270 e. The number of benzene rings is 1. The van der Waals surface area contributed by atoms with Crippen molar-refractivity contribution in [3.63, 3.8) is 0 Å². The van der Waals surface area contributed by atoms with E-state index in [-0.39, 0.29) is 18.1 Å². The van der Waals surface area contributed by atoms with Gasteiger partial charge in [-0.2, -0.15) is 0 Å². The summed E-state index contributed by atoms with van der Waals surface area (Å²) in [6.45, 7) is 4.65. The second-order valence-electron chi connectivity index (χ2n) is 5.93. The van der Waals surface area contributed by atoms with Gasteiger partial charge in [0.2, 0.25) is 5.91 Å². The first kappa shape index (κ1) is 18.9. The number of nitrogens with zero attached hydrogens (tertiary/aromatic N) is 1. The van der Waals surface area contributed by atoms with Crippen molar-refractivity contribution in [2.45, 2.75) is 26.7 Å². The normalized spacial score (nSPS) is 10.4. The summed E-state index contributed by atoms with van der Waals surface area (Å²) in [4.78, 5) is 27.6. The van der Waals surface area contributed by atoms with Crippen LogP contribution in [-0.2, 0) is 11.2 Å². The average molecular weight is 360 g/mol. The number of halogens is 1. The highest BCUT2D eigenvalue weighted by molar-refractivity contribution is 6.30. The van der Waals surface area contributed by atoms with E-state index < -0.39 is 5.91 Å². The lowest BCUT2D eigenvalue weighted by molar-refractivity contribution is -0.120. The van der Waals surface area contributed by atoms with E-state index in [1.807, 2.05) is 0 Å². The number of hydrogen-bond acceptors (Lipinski definition) is 3. The molecule has 2 amide bonds. The van der Waals surface area contributed by atoms with Crippen molar-refractivity contribution in [1.82, 2.24) is 15.6 Å². The van der Waals surface area contributed by atoms with Crippen molar-refractivity contribution in [2.75, 3.05) is 13.1 Å². The number of hydrogen-bond donors (Lipinski definition) is 2. The molecule has 132 valence electrons. The van der Waals surface area contributed by atoms with Gasteiger partial charge in [-0.1, -0.05) is 35.4 Å². The minimum Gasteiger partial charge on any atom is -0.355 e. The fourth-order valence-electron chi connectivity index (χ4n) is 2.48. The zero-order valence-corrected chi connectivity index (χ0v) is 15.2. The molecule has 0 spiro atoms. The minimum atomic E-state index is -0.423. The molecule has 0 aliphatic carbocycles. The molecule has 0 saturated carbocycles. The van der Waals surface area contributed by atoms with Crippen molar-refractivity contribution in [1.29, 1.82) is 0 Å². The van der Waals surface area contributed by atoms with Gasteiger partial charge in [0.25, 0.3) is 5.91 Å². The Balaban J connectivity index is 1.68. The Morgan fingerprint density at radius 3 is 2.64 bits per heavy atom. The molecule has 0 atom stereocenters. The second kappa shape index (κ2) is 9.18. The summed E-state index contributed by atoms with van der Waals surface area (Å²) in [7, 11) is 0. The Kier molecular flexibility index (Phi) is 6.95. The molecular weight excluding hydrogens is 338 g/mol. The first-order valence-corrected chi connectivity index (χ1v) is 8.56. The molecule has 0 unspecified atom stereocenters. The highest BCUT2D eigenvalue weighted by Crippen LogP contribution is 2.12. The third-order valence-electron chi connectivity index (χ3n) is 3.81. The van der Waals surface area contributed by atoms with E-state index in [0.29, 0.717) is 11.6 Å². The Morgan fingerprint density at radius 1 is 1.12 bits per heavy atom. The molecule has 1 heterocycles. The highest BCUT2D eigenvalue weighted by atomic mass is 35.5. The van der Waals surface area contributed by atoms with Gasteiger partial charge in [-0.25, -0.2) is 0 Å². The number of nitrogens with one attached hydrogen (secondary N) is 2. The average Bonchev–Trinajstić information content (AvgIpc) is 2.58. The molecule has 0 aliphatic rings. The smallest absolute Gasteiger partial charge is 0.270 e. The number of aryl methyl sites for hydroxylation is 3. The van der Waals surface area contributed by atoms with Gasteiger partial charge >= 0.3 is 0 Å². The molecule has 5 nitrogen and oxygen atoms in total. The molecule has 6 heteroatoms. The SMILES string of the molecule is Cc1ccc(CCCNC(=O)CNC(=O)c2cc(Cl)ccn2)c(C)c1. The predicted molar refractivity (Wildman–Crippen MR) is 98.8 cm³/mol. The van der Waals surface area contributed by atoms with E-state index in [1.165, 1.54) is 29.0 Å². The lowest BCUT2D eigenvalue weighted by Crippen LogP contribution is -2.37. The van der Waals surface area contributed by atoms with Crippen LogP contribution in [0, 0.1) is 13.8 Å². The van der Waals surface area contributed by atoms with E-state index in [1.54, 1.807) is 6.07 Å². The largest absolute Gasteiger partial charge is 0.355 e. The number of amides is 2. The van der Waals surface area contributed by atoms with E-state index in [4.69, 9.17) is 11.6 Å². The van der Waals surface area contributed by atoms with Gasteiger partial charge in [0.05, 0.1) is 6.54 Å². The van der Waals surface area contributed by atoms with Crippen molar-refractivity contribution in [3.8, 4) is 0 Å². The molecule has 2 rings (SSSR count). The number of aromatic nitrogens is 1. The molecular formula is C19H22ClN3O2. The monoisotopic (exact) mass is 359 g/mol. The molecule has 0 fully saturated rings. The summed E-state index contributed by atoms with van der Waals surface area (Å²) in [6.07, 6.45) is 3.20. The zero-order valence-electron chi connectivity index (χ0n) is 14.4. The zero-order chi connectivity index (χ0) is 18.2. The van der Waals surface area contributed by atoms with Crippen molar-refractivity contribution in [3.05, 3.63) is 63.9 Å². The molecule has 0 radical (unpaired) electrons. The molecule has 2 N–H and O–H groups in total. The number of rotatable bonds is 7. The van der Waals surface area contributed by atoms with Crippen molar-refractivity contribution >= 4 is 23.4 Å². The van der Waals surface area contributed by atoms with Gasteiger partial charge < -0.3 is 10.6 Å². The van der Waals surface area contributed by atoms with E-state index in [0.717, 1.165) is 12.8 Å². The van der Waals surface area contributed by atoms with Gasteiger partial charge in [0.15, 0.2) is 0 Å². The van der Waals surface area contributed by atoms with E-state index in [9.17, 15) is 9.59 Å². The quantitative estimate of drug-likeness (QED) is 0.747. The first-order chi connectivity index (χ1) is 12.0. The molecule has 2 aromatic rings. The van der Waals surface area contributed by atoms with Crippen LogP contribution in [0.4, 0.5) is 0 Å². The van der Waals surface area contributed by atoms with Crippen molar-refractivity contribution < 1.29 is 9.59 Å². The number of carbonyl (C=O) groups is 2. The summed E-state index contributed by atoms with van der Waals surface area (Å²) in [6, 6.07) is 9.43. The molecule has 0 saturated heterocycles. The standard InChI is InChI=1S/C19H22ClN3O2/c1-13-5-6-15(14(2)10-13)4-3-8-22-18(24)12-23-19(25)17-11-16(20)7-9-21-17/h5-7,9-11H,3-4,8,12H2,1-2H3,(H,22,24)(H,23,25). The van der Waals surface area contributed by atoms with E-state index >= 15 is 0 Å². The fourth-order valence-corrected chi connectivity index (χ4v) is 2.64. The third-order valence-corrected chi connectivity index (χ3v) is 4.04. The maximum atomic E-state index is 11.9. The highest BCUT2D eigenvalue weighted by Gasteiger charge is 2.09. The first-order valence-electron chi connectivity index (χ1n) is 8.18. The van der Waals surface area contributed by atoms with Gasteiger partial charge in [-0.3, -0.25) is 14.6 Å². The number of carbonyl (C=O) groups excluding carboxylic acids is 2.